The number of carbonyl (C=O) groups excluding carboxylic acids is 2. The third kappa shape index (κ3) is 4.45. The van der Waals surface area contributed by atoms with Crippen LogP contribution in [0.15, 0.2) is 27.4 Å². The van der Waals surface area contributed by atoms with E-state index in [1.165, 1.54) is 19.3 Å². The standard InChI is InChI=1S/C25H34N4O4/c1-28(2)7-8-29-20-12-19(3-4-21(20)33-24(29)32)27-22(30)5-6-26-23(31)25-13-16-9-17(14-25)11-18(10-16)15-25/h3-4,12,16-18H,5-11,13-15H2,1-2H3,(H,26,31)(H,27,30). The second-order valence-corrected chi connectivity index (χ2v) is 10.8. The minimum Gasteiger partial charge on any atom is -0.408 e. The number of aromatic nitrogens is 1. The molecule has 0 unspecified atom stereocenters. The molecule has 0 atom stereocenters. The lowest BCUT2D eigenvalue weighted by atomic mass is 9.49. The summed E-state index contributed by atoms with van der Waals surface area (Å²) in [5, 5.41) is 5.95. The molecule has 0 saturated heterocycles. The van der Waals surface area contributed by atoms with Crippen molar-refractivity contribution in [1.29, 1.82) is 0 Å². The molecule has 8 heteroatoms. The monoisotopic (exact) mass is 454 g/mol. The van der Waals surface area contributed by atoms with Crippen molar-refractivity contribution in [3.63, 3.8) is 0 Å². The molecular weight excluding hydrogens is 420 g/mol. The van der Waals surface area contributed by atoms with Crippen LogP contribution in [0.5, 0.6) is 0 Å². The largest absolute Gasteiger partial charge is 0.419 e. The van der Waals surface area contributed by atoms with Crippen molar-refractivity contribution in [3.8, 4) is 0 Å². The number of benzene rings is 1. The third-order valence-electron chi connectivity index (χ3n) is 7.88. The topological polar surface area (TPSA) is 96.6 Å². The molecule has 0 radical (unpaired) electrons. The van der Waals surface area contributed by atoms with Gasteiger partial charge in [0.25, 0.3) is 0 Å². The van der Waals surface area contributed by atoms with E-state index in [9.17, 15) is 14.4 Å². The Kier molecular flexibility index (Phi) is 5.80. The van der Waals surface area contributed by atoms with E-state index in [0.717, 1.165) is 37.0 Å². The Morgan fingerprint density at radius 3 is 2.42 bits per heavy atom. The molecule has 4 aliphatic carbocycles. The number of anilines is 1. The number of rotatable bonds is 8. The van der Waals surface area contributed by atoms with Crippen LogP contribution < -0.4 is 16.4 Å². The summed E-state index contributed by atoms with van der Waals surface area (Å²) in [6.45, 7) is 1.55. The van der Waals surface area contributed by atoms with Gasteiger partial charge in [0.05, 0.1) is 5.52 Å². The van der Waals surface area contributed by atoms with Gasteiger partial charge in [-0.1, -0.05) is 0 Å². The number of nitrogens with one attached hydrogen (secondary N) is 2. The van der Waals surface area contributed by atoms with Crippen molar-refractivity contribution in [2.24, 2.45) is 23.2 Å². The summed E-state index contributed by atoms with van der Waals surface area (Å²) < 4.78 is 6.89. The summed E-state index contributed by atoms with van der Waals surface area (Å²) in [5.41, 5.74) is 1.59. The van der Waals surface area contributed by atoms with Crippen molar-refractivity contribution in [3.05, 3.63) is 28.7 Å². The fraction of sp³-hybridized carbons (Fsp3) is 0.640. The van der Waals surface area contributed by atoms with E-state index in [0.29, 0.717) is 36.4 Å². The van der Waals surface area contributed by atoms with Crippen LogP contribution in [-0.2, 0) is 16.1 Å². The van der Waals surface area contributed by atoms with Gasteiger partial charge in [0.15, 0.2) is 5.58 Å². The Morgan fingerprint density at radius 2 is 1.79 bits per heavy atom. The number of hydrogen-bond acceptors (Lipinski definition) is 5. The number of oxazole rings is 1. The first-order valence-electron chi connectivity index (χ1n) is 12.2. The number of carbonyl (C=O) groups is 2. The van der Waals surface area contributed by atoms with Gasteiger partial charge in [-0.15, -0.1) is 0 Å². The highest BCUT2D eigenvalue weighted by Gasteiger charge is 2.54. The van der Waals surface area contributed by atoms with E-state index in [1.54, 1.807) is 22.8 Å². The molecule has 1 heterocycles. The van der Waals surface area contributed by atoms with Crippen molar-refractivity contribution < 1.29 is 14.0 Å². The van der Waals surface area contributed by atoms with Crippen molar-refractivity contribution in [2.45, 2.75) is 51.5 Å². The van der Waals surface area contributed by atoms with E-state index in [4.69, 9.17) is 4.42 Å². The molecule has 2 N–H and O–H groups in total. The molecule has 4 aliphatic rings. The van der Waals surface area contributed by atoms with Crippen LogP contribution in [0.3, 0.4) is 0 Å². The molecule has 178 valence electrons. The van der Waals surface area contributed by atoms with E-state index in [2.05, 4.69) is 10.6 Å². The lowest BCUT2D eigenvalue weighted by Gasteiger charge is -2.55. The second kappa shape index (κ2) is 8.63. The predicted molar refractivity (Wildman–Crippen MR) is 126 cm³/mol. The number of nitrogens with zero attached hydrogens (tertiary/aromatic N) is 2. The minimum absolute atomic E-state index is 0.152. The first-order chi connectivity index (χ1) is 15.8. The van der Waals surface area contributed by atoms with Gasteiger partial charge in [-0.2, -0.15) is 0 Å². The van der Waals surface area contributed by atoms with E-state index < -0.39 is 5.76 Å². The second-order valence-electron chi connectivity index (χ2n) is 10.8. The first kappa shape index (κ1) is 22.2. The van der Waals surface area contributed by atoms with Crippen LogP contribution in [0.2, 0.25) is 0 Å². The fourth-order valence-corrected chi connectivity index (χ4v) is 6.74. The van der Waals surface area contributed by atoms with Gasteiger partial charge in [0, 0.05) is 37.2 Å². The van der Waals surface area contributed by atoms with Crippen molar-refractivity contribution >= 4 is 28.6 Å². The molecule has 1 aromatic carbocycles. The average molecular weight is 455 g/mol. The molecule has 4 bridgehead atoms. The average Bonchev–Trinajstić information content (AvgIpc) is 3.05. The first-order valence-corrected chi connectivity index (χ1v) is 12.2. The van der Waals surface area contributed by atoms with Gasteiger partial charge in [-0.3, -0.25) is 14.2 Å². The zero-order chi connectivity index (χ0) is 23.2. The highest BCUT2D eigenvalue weighted by molar-refractivity contribution is 5.93. The highest BCUT2D eigenvalue weighted by Crippen LogP contribution is 2.60. The molecule has 33 heavy (non-hydrogen) atoms. The number of likely N-dealkylation sites (N-methyl/N-ethyl adjacent to an activating group) is 1. The Morgan fingerprint density at radius 1 is 1.12 bits per heavy atom. The molecule has 1 aromatic heterocycles. The Balaban J connectivity index is 1.16. The van der Waals surface area contributed by atoms with Crippen LogP contribution in [0, 0.1) is 23.2 Å². The van der Waals surface area contributed by atoms with E-state index in [1.807, 2.05) is 19.0 Å². The normalized spacial score (nSPS) is 27.9. The van der Waals surface area contributed by atoms with Gasteiger partial charge in [-0.25, -0.2) is 4.79 Å². The minimum atomic E-state index is -0.400. The zero-order valence-corrected chi connectivity index (χ0v) is 19.6. The summed E-state index contributed by atoms with van der Waals surface area (Å²) >= 11 is 0. The zero-order valence-electron chi connectivity index (χ0n) is 19.6. The SMILES string of the molecule is CN(C)CCn1c(=O)oc2ccc(NC(=O)CCNC(=O)C34CC5CC(CC(C5)C3)C4)cc21. The predicted octanol–water partition coefficient (Wildman–Crippen LogP) is 2.82. The fourth-order valence-electron chi connectivity index (χ4n) is 6.74. The quantitative estimate of drug-likeness (QED) is 0.639. The Hall–Kier alpha value is -2.61. The summed E-state index contributed by atoms with van der Waals surface area (Å²) in [5.74, 6) is 1.75. The lowest BCUT2D eigenvalue weighted by Crippen LogP contribution is -2.53. The molecule has 2 aromatic rings. The molecule has 8 nitrogen and oxygen atoms in total. The Labute approximate surface area is 193 Å². The molecule has 0 aliphatic heterocycles. The molecule has 2 amide bonds. The third-order valence-corrected chi connectivity index (χ3v) is 7.88. The van der Waals surface area contributed by atoms with Crippen LogP contribution in [0.25, 0.3) is 11.1 Å². The summed E-state index contributed by atoms with van der Waals surface area (Å²) in [6, 6.07) is 5.20. The van der Waals surface area contributed by atoms with E-state index >= 15 is 0 Å². The highest BCUT2D eigenvalue weighted by atomic mass is 16.4. The van der Waals surface area contributed by atoms with Crippen LogP contribution in [0.1, 0.15) is 44.9 Å². The lowest BCUT2D eigenvalue weighted by molar-refractivity contribution is -0.146. The van der Waals surface area contributed by atoms with Crippen LogP contribution in [0.4, 0.5) is 5.69 Å². The smallest absolute Gasteiger partial charge is 0.408 e. The summed E-state index contributed by atoms with van der Waals surface area (Å²) in [7, 11) is 3.89. The van der Waals surface area contributed by atoms with Gasteiger partial charge in [0.1, 0.15) is 0 Å². The van der Waals surface area contributed by atoms with Gasteiger partial charge in [0.2, 0.25) is 11.8 Å². The van der Waals surface area contributed by atoms with Crippen LogP contribution >= 0.6 is 0 Å². The van der Waals surface area contributed by atoms with Gasteiger partial charge >= 0.3 is 5.76 Å². The van der Waals surface area contributed by atoms with Crippen molar-refractivity contribution in [2.75, 3.05) is 32.5 Å². The van der Waals surface area contributed by atoms with E-state index in [-0.39, 0.29) is 23.7 Å². The molecule has 4 fully saturated rings. The number of hydrogen-bond donors (Lipinski definition) is 2. The molecular formula is C25H34N4O4. The molecule has 0 spiro atoms. The molecule has 6 rings (SSSR count). The maximum atomic E-state index is 13.0. The van der Waals surface area contributed by atoms with Crippen molar-refractivity contribution in [1.82, 2.24) is 14.8 Å². The number of amides is 2. The number of fused-ring (bicyclic) bond motifs is 1. The summed E-state index contributed by atoms with van der Waals surface area (Å²) in [4.78, 5) is 39.7. The van der Waals surface area contributed by atoms with Crippen LogP contribution in [-0.4, -0.2) is 48.5 Å². The maximum Gasteiger partial charge on any atom is 0.419 e. The van der Waals surface area contributed by atoms with Gasteiger partial charge < -0.3 is 20.0 Å². The molecule has 4 saturated carbocycles. The maximum absolute atomic E-state index is 13.0. The summed E-state index contributed by atoms with van der Waals surface area (Å²) in [6.07, 6.45) is 7.21. The Bertz CT molecular complexity index is 1080. The van der Waals surface area contributed by atoms with Gasteiger partial charge in [-0.05, 0) is 88.6 Å².